The molecule has 1 aliphatic heterocycles. The van der Waals surface area contributed by atoms with E-state index in [1.54, 1.807) is 16.4 Å². The zero-order valence-electron chi connectivity index (χ0n) is 11.0. The van der Waals surface area contributed by atoms with Crippen LogP contribution in [-0.2, 0) is 10.0 Å². The molecule has 106 valence electrons. The Morgan fingerprint density at radius 3 is 2.25 bits per heavy atom. The van der Waals surface area contributed by atoms with Gasteiger partial charge in [-0.25, -0.2) is 8.42 Å². The number of halogens is 1. The van der Waals surface area contributed by atoms with E-state index in [0.29, 0.717) is 28.4 Å². The van der Waals surface area contributed by atoms with Crippen molar-refractivity contribution in [2.45, 2.75) is 24.2 Å². The predicted octanol–water partition coefficient (Wildman–Crippen LogP) is 3.67. The van der Waals surface area contributed by atoms with Crippen molar-refractivity contribution in [1.82, 2.24) is 4.31 Å². The fourth-order valence-corrected chi connectivity index (χ4v) is 4.64. The highest BCUT2D eigenvalue weighted by Crippen LogP contribution is 2.31. The van der Waals surface area contributed by atoms with Crippen LogP contribution < -0.4 is 0 Å². The summed E-state index contributed by atoms with van der Waals surface area (Å²) in [4.78, 5) is 0.361. The number of fused-ring (bicyclic) bond motifs is 1. The maximum atomic E-state index is 12.8. The molecule has 1 fully saturated rings. The number of benzene rings is 2. The number of sulfonamides is 1. The van der Waals surface area contributed by atoms with Crippen molar-refractivity contribution in [3.05, 3.63) is 41.4 Å². The number of rotatable bonds is 2. The van der Waals surface area contributed by atoms with Gasteiger partial charge in [0, 0.05) is 28.9 Å². The van der Waals surface area contributed by atoms with Crippen molar-refractivity contribution in [3.8, 4) is 0 Å². The van der Waals surface area contributed by atoms with E-state index in [-0.39, 0.29) is 0 Å². The molecular weight excluding hydrogens is 294 g/mol. The Kier molecular flexibility index (Phi) is 3.71. The first-order valence-electron chi connectivity index (χ1n) is 6.78. The second-order valence-electron chi connectivity index (χ2n) is 5.06. The topological polar surface area (TPSA) is 37.4 Å². The van der Waals surface area contributed by atoms with Crippen LogP contribution in [0.5, 0.6) is 0 Å². The maximum absolute atomic E-state index is 12.8. The molecule has 0 radical (unpaired) electrons. The molecule has 3 rings (SSSR count). The predicted molar refractivity (Wildman–Crippen MR) is 81.6 cm³/mol. The maximum Gasteiger partial charge on any atom is 0.243 e. The van der Waals surface area contributed by atoms with Gasteiger partial charge in [-0.3, -0.25) is 0 Å². The molecule has 5 heteroatoms. The minimum atomic E-state index is -3.43. The lowest BCUT2D eigenvalue weighted by molar-refractivity contribution is 0.347. The van der Waals surface area contributed by atoms with Crippen LogP contribution >= 0.6 is 11.6 Å². The molecule has 0 atom stereocenters. The first-order valence-corrected chi connectivity index (χ1v) is 8.60. The third-order valence-electron chi connectivity index (χ3n) is 3.76. The van der Waals surface area contributed by atoms with Gasteiger partial charge in [-0.1, -0.05) is 42.3 Å². The van der Waals surface area contributed by atoms with Crippen LogP contribution in [0, 0.1) is 0 Å². The van der Waals surface area contributed by atoms with Crippen molar-refractivity contribution >= 4 is 32.4 Å². The van der Waals surface area contributed by atoms with Gasteiger partial charge >= 0.3 is 0 Å². The van der Waals surface area contributed by atoms with Gasteiger partial charge in [0.1, 0.15) is 0 Å². The molecule has 2 aromatic carbocycles. The molecule has 3 nitrogen and oxygen atoms in total. The Morgan fingerprint density at radius 1 is 0.900 bits per heavy atom. The zero-order valence-corrected chi connectivity index (χ0v) is 12.6. The van der Waals surface area contributed by atoms with Crippen LogP contribution in [0.25, 0.3) is 10.8 Å². The molecule has 0 aliphatic carbocycles. The minimum Gasteiger partial charge on any atom is -0.207 e. The Balaban J connectivity index is 2.16. The summed E-state index contributed by atoms with van der Waals surface area (Å²) < 4.78 is 27.2. The van der Waals surface area contributed by atoms with Crippen molar-refractivity contribution in [2.24, 2.45) is 0 Å². The SMILES string of the molecule is O=S(=O)(c1ccc(Cl)c2ccccc12)N1CCCCC1. The summed E-state index contributed by atoms with van der Waals surface area (Å²) in [6.07, 6.45) is 2.98. The highest BCUT2D eigenvalue weighted by Gasteiger charge is 2.27. The smallest absolute Gasteiger partial charge is 0.207 e. The molecule has 1 heterocycles. The monoisotopic (exact) mass is 309 g/mol. The summed E-state index contributed by atoms with van der Waals surface area (Å²) >= 11 is 6.16. The first kappa shape index (κ1) is 13.9. The molecule has 0 aromatic heterocycles. The number of hydrogen-bond acceptors (Lipinski definition) is 2. The Morgan fingerprint density at radius 2 is 1.55 bits per heavy atom. The van der Waals surface area contributed by atoms with E-state index in [1.807, 2.05) is 24.3 Å². The van der Waals surface area contributed by atoms with Crippen LogP contribution in [0.2, 0.25) is 5.02 Å². The van der Waals surface area contributed by atoms with Gasteiger partial charge in [-0.2, -0.15) is 4.31 Å². The largest absolute Gasteiger partial charge is 0.243 e. The molecule has 0 bridgehead atoms. The van der Waals surface area contributed by atoms with E-state index in [4.69, 9.17) is 11.6 Å². The standard InChI is InChI=1S/C15H16ClNO2S/c16-14-8-9-15(13-7-3-2-6-12(13)14)20(18,19)17-10-4-1-5-11-17/h2-3,6-9H,1,4-5,10-11H2. The number of nitrogens with zero attached hydrogens (tertiary/aromatic N) is 1. The molecule has 0 saturated carbocycles. The Bertz CT molecular complexity index is 737. The molecule has 1 aliphatic rings. The van der Waals surface area contributed by atoms with Gasteiger partial charge in [0.15, 0.2) is 0 Å². The summed E-state index contributed by atoms with van der Waals surface area (Å²) in [7, 11) is -3.43. The molecule has 2 aromatic rings. The number of piperidine rings is 1. The lowest BCUT2D eigenvalue weighted by Crippen LogP contribution is -2.35. The highest BCUT2D eigenvalue weighted by atomic mass is 35.5. The summed E-state index contributed by atoms with van der Waals surface area (Å²) in [5.74, 6) is 0. The van der Waals surface area contributed by atoms with Crippen LogP contribution in [0.15, 0.2) is 41.3 Å². The molecule has 1 saturated heterocycles. The Labute approximate surface area is 124 Å². The minimum absolute atomic E-state index is 0.361. The quantitative estimate of drug-likeness (QED) is 0.849. The molecular formula is C15H16ClNO2S. The van der Waals surface area contributed by atoms with Gasteiger partial charge in [-0.05, 0) is 25.0 Å². The van der Waals surface area contributed by atoms with Gasteiger partial charge < -0.3 is 0 Å². The fraction of sp³-hybridized carbons (Fsp3) is 0.333. The second kappa shape index (κ2) is 5.35. The summed E-state index contributed by atoms with van der Waals surface area (Å²) in [5.41, 5.74) is 0. The van der Waals surface area contributed by atoms with Gasteiger partial charge in [-0.15, -0.1) is 0 Å². The number of hydrogen-bond donors (Lipinski definition) is 0. The van der Waals surface area contributed by atoms with Crippen molar-refractivity contribution in [2.75, 3.05) is 13.1 Å². The van der Waals surface area contributed by atoms with E-state index in [0.717, 1.165) is 24.6 Å². The van der Waals surface area contributed by atoms with Crippen molar-refractivity contribution in [1.29, 1.82) is 0 Å². The zero-order chi connectivity index (χ0) is 14.2. The molecule has 20 heavy (non-hydrogen) atoms. The van der Waals surface area contributed by atoms with Gasteiger partial charge in [0.05, 0.1) is 4.90 Å². The summed E-state index contributed by atoms with van der Waals surface area (Å²) in [6.45, 7) is 1.22. The van der Waals surface area contributed by atoms with Crippen LogP contribution in [-0.4, -0.2) is 25.8 Å². The van der Waals surface area contributed by atoms with Gasteiger partial charge in [0.2, 0.25) is 10.0 Å². The van der Waals surface area contributed by atoms with Crippen LogP contribution in [0.1, 0.15) is 19.3 Å². The van der Waals surface area contributed by atoms with E-state index >= 15 is 0 Å². The lowest BCUT2D eigenvalue weighted by atomic mass is 10.1. The molecule has 0 N–H and O–H groups in total. The first-order chi connectivity index (χ1) is 9.60. The van der Waals surface area contributed by atoms with E-state index < -0.39 is 10.0 Å². The van der Waals surface area contributed by atoms with E-state index in [1.165, 1.54) is 0 Å². The van der Waals surface area contributed by atoms with E-state index in [2.05, 4.69) is 0 Å². The summed E-state index contributed by atoms with van der Waals surface area (Å²) in [5, 5.41) is 2.07. The summed E-state index contributed by atoms with van der Waals surface area (Å²) in [6, 6.07) is 10.7. The molecule has 0 unspecified atom stereocenters. The highest BCUT2D eigenvalue weighted by molar-refractivity contribution is 7.89. The van der Waals surface area contributed by atoms with E-state index in [9.17, 15) is 8.42 Å². The normalized spacial score (nSPS) is 17.4. The van der Waals surface area contributed by atoms with Crippen molar-refractivity contribution < 1.29 is 8.42 Å². The molecule has 0 spiro atoms. The Hall–Kier alpha value is -1.10. The van der Waals surface area contributed by atoms with Crippen LogP contribution in [0.4, 0.5) is 0 Å². The average molecular weight is 310 g/mol. The van der Waals surface area contributed by atoms with Crippen LogP contribution in [0.3, 0.4) is 0 Å². The average Bonchev–Trinajstić information content (AvgIpc) is 2.48. The third-order valence-corrected chi connectivity index (χ3v) is 6.05. The van der Waals surface area contributed by atoms with Gasteiger partial charge in [0.25, 0.3) is 0 Å². The third kappa shape index (κ3) is 2.32. The second-order valence-corrected chi connectivity index (χ2v) is 7.37. The van der Waals surface area contributed by atoms with Crippen molar-refractivity contribution in [3.63, 3.8) is 0 Å². The molecule has 0 amide bonds. The fourth-order valence-electron chi connectivity index (χ4n) is 2.70. The lowest BCUT2D eigenvalue weighted by Gasteiger charge is -2.26.